The molecule has 4 heteroatoms. The first kappa shape index (κ1) is 12.0. The molecule has 0 bridgehead atoms. The zero-order chi connectivity index (χ0) is 11.6. The highest BCUT2D eigenvalue weighted by molar-refractivity contribution is 7.56. The highest BCUT2D eigenvalue weighted by Crippen LogP contribution is 2.17. The monoisotopic (exact) mass is 286 g/mol. The Balaban J connectivity index is 2.47. The quantitative estimate of drug-likeness (QED) is 0.587. The number of benzene rings is 2. The van der Waals surface area contributed by atoms with Crippen molar-refractivity contribution in [1.29, 1.82) is 0 Å². The van der Waals surface area contributed by atoms with Crippen LogP contribution in [0.5, 0.6) is 0 Å². The van der Waals surface area contributed by atoms with Crippen molar-refractivity contribution in [2.75, 3.05) is 0 Å². The molecule has 2 aromatic carbocycles. The zero-order valence-electron chi connectivity index (χ0n) is 8.33. The maximum atomic E-state index is 6.50. The Hall–Kier alpha value is -0.473. The van der Waals surface area contributed by atoms with Gasteiger partial charge in [-0.2, -0.15) is 0 Å². The maximum absolute atomic E-state index is 6.50. The lowest BCUT2D eigenvalue weighted by molar-refractivity contribution is 1.73. The Morgan fingerprint density at radius 3 is 2.00 bits per heavy atom. The van der Waals surface area contributed by atoms with E-state index in [0.717, 1.165) is 10.4 Å². The lowest BCUT2D eigenvalue weighted by Gasteiger charge is -2.17. The minimum absolute atomic E-state index is 0.659. The predicted octanol–water partition coefficient (Wildman–Crippen LogP) is 3.37. The summed E-state index contributed by atoms with van der Waals surface area (Å²) in [5, 5.41) is 2.54. The van der Waals surface area contributed by atoms with Crippen molar-refractivity contribution in [3.05, 3.63) is 59.6 Å². The van der Waals surface area contributed by atoms with Crippen molar-refractivity contribution in [2.24, 2.45) is 0 Å². The van der Waals surface area contributed by atoms with Crippen LogP contribution >= 0.6 is 33.8 Å². The fraction of sp³-hybridized carbons (Fsp3) is 0. The van der Waals surface area contributed by atoms with E-state index in [0.29, 0.717) is 5.02 Å². The third kappa shape index (κ3) is 2.43. The van der Waals surface area contributed by atoms with Crippen LogP contribution in [-0.4, -0.2) is 6.69 Å². The summed E-state index contributed by atoms with van der Waals surface area (Å²) < 4.78 is 0. The number of halogens is 3. The lowest BCUT2D eigenvalue weighted by Crippen LogP contribution is -2.48. The Bertz CT molecular complexity index is 483. The molecular formula is C12H9Cl3Si. The molecule has 16 heavy (non-hydrogen) atoms. The van der Waals surface area contributed by atoms with Gasteiger partial charge in [0, 0.05) is 5.02 Å². The van der Waals surface area contributed by atoms with Crippen molar-refractivity contribution in [3.8, 4) is 0 Å². The van der Waals surface area contributed by atoms with Crippen LogP contribution in [-0.2, 0) is 0 Å². The van der Waals surface area contributed by atoms with Gasteiger partial charge in [0.25, 0.3) is 0 Å². The summed E-state index contributed by atoms with van der Waals surface area (Å²) in [6, 6.07) is 17.2. The van der Waals surface area contributed by atoms with Crippen molar-refractivity contribution in [1.82, 2.24) is 0 Å². The summed E-state index contributed by atoms with van der Waals surface area (Å²) in [6.07, 6.45) is 0. The van der Waals surface area contributed by atoms with Crippen LogP contribution in [0.2, 0.25) is 5.02 Å². The van der Waals surface area contributed by atoms with Crippen molar-refractivity contribution >= 4 is 50.8 Å². The molecule has 0 aliphatic carbocycles. The molecule has 0 radical (unpaired) electrons. The third-order valence-electron chi connectivity index (χ3n) is 2.32. The van der Waals surface area contributed by atoms with E-state index in [2.05, 4.69) is 0 Å². The SMILES string of the molecule is Clc1cccc([Si](Cl)(Cl)c2ccccc2)c1. The van der Waals surface area contributed by atoms with E-state index in [1.807, 2.05) is 54.6 Å². The van der Waals surface area contributed by atoms with E-state index >= 15 is 0 Å². The summed E-state index contributed by atoms with van der Waals surface area (Å²) >= 11 is 19.0. The van der Waals surface area contributed by atoms with Crippen LogP contribution in [0.15, 0.2) is 54.6 Å². The second-order valence-electron chi connectivity index (χ2n) is 3.45. The molecule has 0 heterocycles. The standard InChI is InChI=1S/C12H9Cl3Si/c13-10-5-4-8-12(9-10)16(14,15)11-6-2-1-3-7-11/h1-9H. The first-order valence-electron chi connectivity index (χ1n) is 4.80. The van der Waals surface area contributed by atoms with Crippen LogP contribution in [0.3, 0.4) is 0 Å². The molecule has 0 atom stereocenters. The zero-order valence-corrected chi connectivity index (χ0v) is 11.6. The molecule has 0 saturated carbocycles. The molecule has 0 fully saturated rings. The average Bonchev–Trinajstić information content (AvgIpc) is 2.30. The van der Waals surface area contributed by atoms with Gasteiger partial charge in [0.2, 0.25) is 0 Å². The van der Waals surface area contributed by atoms with Gasteiger partial charge in [-0.05, 0) is 22.5 Å². The third-order valence-corrected chi connectivity index (χ3v) is 7.27. The van der Waals surface area contributed by atoms with Crippen LogP contribution in [0, 0.1) is 0 Å². The van der Waals surface area contributed by atoms with Crippen molar-refractivity contribution < 1.29 is 0 Å². The molecule has 0 nitrogen and oxygen atoms in total. The largest absolute Gasteiger partial charge is 0.310 e. The number of hydrogen-bond donors (Lipinski definition) is 0. The normalized spacial score (nSPS) is 11.4. The van der Waals surface area contributed by atoms with E-state index < -0.39 is 6.69 Å². The van der Waals surface area contributed by atoms with E-state index in [1.165, 1.54) is 0 Å². The summed E-state index contributed by atoms with van der Waals surface area (Å²) in [5.74, 6) is 0. The Morgan fingerprint density at radius 2 is 1.38 bits per heavy atom. The molecule has 2 aromatic rings. The van der Waals surface area contributed by atoms with Gasteiger partial charge in [0.1, 0.15) is 0 Å². The van der Waals surface area contributed by atoms with Gasteiger partial charge in [-0.1, -0.05) is 54.1 Å². The van der Waals surface area contributed by atoms with Crippen LogP contribution in [0.4, 0.5) is 0 Å². The molecule has 0 aliphatic rings. The van der Waals surface area contributed by atoms with E-state index in [9.17, 15) is 0 Å². The Labute approximate surface area is 110 Å². The van der Waals surface area contributed by atoms with Gasteiger partial charge < -0.3 is 0 Å². The van der Waals surface area contributed by atoms with Crippen molar-refractivity contribution in [3.63, 3.8) is 0 Å². The van der Waals surface area contributed by atoms with Crippen LogP contribution in [0.1, 0.15) is 0 Å². The van der Waals surface area contributed by atoms with Gasteiger partial charge in [0.05, 0.1) is 0 Å². The number of hydrogen-bond acceptors (Lipinski definition) is 0. The minimum Gasteiger partial charge on any atom is -0.134 e. The predicted molar refractivity (Wildman–Crippen MR) is 74.6 cm³/mol. The minimum atomic E-state index is -2.63. The molecule has 0 amide bonds. The molecule has 0 spiro atoms. The Kier molecular flexibility index (Phi) is 3.60. The summed E-state index contributed by atoms with van der Waals surface area (Å²) in [4.78, 5) is 0. The summed E-state index contributed by atoms with van der Waals surface area (Å²) in [6.45, 7) is -2.63. The average molecular weight is 288 g/mol. The topological polar surface area (TPSA) is 0 Å². The summed E-state index contributed by atoms with van der Waals surface area (Å²) in [7, 11) is 0. The fourth-order valence-corrected chi connectivity index (χ4v) is 4.83. The van der Waals surface area contributed by atoms with Crippen LogP contribution in [0.25, 0.3) is 0 Å². The Morgan fingerprint density at radius 1 is 0.750 bits per heavy atom. The smallest absolute Gasteiger partial charge is 0.134 e. The first-order chi connectivity index (χ1) is 7.60. The number of rotatable bonds is 2. The summed E-state index contributed by atoms with van der Waals surface area (Å²) in [5.41, 5.74) is 0. The van der Waals surface area contributed by atoms with E-state index in [-0.39, 0.29) is 0 Å². The molecule has 0 N–H and O–H groups in total. The first-order valence-corrected chi connectivity index (χ1v) is 9.20. The fourth-order valence-electron chi connectivity index (χ4n) is 1.50. The van der Waals surface area contributed by atoms with Gasteiger partial charge >= 0.3 is 6.69 Å². The second kappa shape index (κ2) is 4.80. The molecular weight excluding hydrogens is 279 g/mol. The highest BCUT2D eigenvalue weighted by atomic mass is 35.7. The van der Waals surface area contributed by atoms with Crippen molar-refractivity contribution in [2.45, 2.75) is 0 Å². The van der Waals surface area contributed by atoms with Crippen LogP contribution < -0.4 is 10.4 Å². The molecule has 0 aromatic heterocycles. The van der Waals surface area contributed by atoms with Gasteiger partial charge in [0.15, 0.2) is 0 Å². The second-order valence-corrected chi connectivity index (χ2v) is 10.2. The molecule has 0 saturated heterocycles. The molecule has 0 aliphatic heterocycles. The molecule has 2 rings (SSSR count). The van der Waals surface area contributed by atoms with Gasteiger partial charge in [-0.25, -0.2) is 0 Å². The lowest BCUT2D eigenvalue weighted by atomic mass is 10.4. The van der Waals surface area contributed by atoms with Gasteiger partial charge in [-0.15, -0.1) is 22.2 Å². The van der Waals surface area contributed by atoms with Gasteiger partial charge in [-0.3, -0.25) is 0 Å². The maximum Gasteiger partial charge on any atom is 0.310 e. The van der Waals surface area contributed by atoms with E-state index in [4.69, 9.17) is 33.8 Å². The highest BCUT2D eigenvalue weighted by Gasteiger charge is 2.33. The molecule has 82 valence electrons. The van der Waals surface area contributed by atoms with E-state index in [1.54, 1.807) is 0 Å². The molecule has 0 unspecified atom stereocenters.